The number of hydrogen-bond acceptors (Lipinski definition) is 5. The Kier molecular flexibility index (Phi) is 5.50. The molecule has 4 aromatic rings. The van der Waals surface area contributed by atoms with Crippen molar-refractivity contribution in [3.63, 3.8) is 0 Å². The van der Waals surface area contributed by atoms with Gasteiger partial charge in [0, 0.05) is 26.2 Å². The van der Waals surface area contributed by atoms with E-state index < -0.39 is 0 Å². The Morgan fingerprint density at radius 2 is 1.45 bits per heavy atom. The highest BCUT2D eigenvalue weighted by Crippen LogP contribution is 2.30. The van der Waals surface area contributed by atoms with Crippen LogP contribution < -0.4 is 10.5 Å². The van der Waals surface area contributed by atoms with Crippen LogP contribution >= 0.6 is 0 Å². The van der Waals surface area contributed by atoms with Gasteiger partial charge < -0.3 is 4.90 Å². The Morgan fingerprint density at radius 3 is 2.00 bits per heavy atom. The smallest absolute Gasteiger partial charge is 0.263 e. The average Bonchev–Trinajstić information content (AvgIpc) is 3.27. The molecule has 0 radical (unpaired) electrons. The van der Waals surface area contributed by atoms with Gasteiger partial charge in [-0.05, 0) is 31.9 Å². The molecule has 7 nitrogen and oxygen atoms in total. The second-order valence-corrected chi connectivity index (χ2v) is 9.60. The fourth-order valence-corrected chi connectivity index (χ4v) is 4.62. The first-order valence-electron chi connectivity index (χ1n) is 11.5. The summed E-state index contributed by atoms with van der Waals surface area (Å²) < 4.78 is 1.83. The first-order chi connectivity index (χ1) is 15.9. The summed E-state index contributed by atoms with van der Waals surface area (Å²) in [6.45, 7) is 9.50. The van der Waals surface area contributed by atoms with Crippen LogP contribution in [0.4, 0.5) is 5.95 Å². The van der Waals surface area contributed by atoms with E-state index >= 15 is 0 Å². The minimum atomic E-state index is -0.253. The van der Waals surface area contributed by atoms with E-state index in [0.29, 0.717) is 17.0 Å². The molecule has 1 aliphatic heterocycles. The van der Waals surface area contributed by atoms with Gasteiger partial charge in [-0.25, -0.2) is 4.68 Å². The summed E-state index contributed by atoms with van der Waals surface area (Å²) in [5.41, 5.74) is 2.82. The number of benzene rings is 2. The van der Waals surface area contributed by atoms with Crippen LogP contribution in [0.3, 0.4) is 0 Å². The zero-order chi connectivity index (χ0) is 23.0. The third-order valence-corrected chi connectivity index (χ3v) is 6.27. The Bertz CT molecular complexity index is 1240. The minimum absolute atomic E-state index is 0.139. The molecule has 0 spiro atoms. The maximum atomic E-state index is 12.7. The third-order valence-electron chi connectivity index (χ3n) is 6.27. The highest BCUT2D eigenvalue weighted by Gasteiger charge is 2.28. The lowest BCUT2D eigenvalue weighted by Gasteiger charge is -2.40. The molecule has 1 aliphatic rings. The van der Waals surface area contributed by atoms with E-state index in [1.807, 2.05) is 4.68 Å². The molecular formula is C26H30N6O. The molecule has 0 aliphatic carbocycles. The van der Waals surface area contributed by atoms with Crippen molar-refractivity contribution in [3.8, 4) is 0 Å². The normalized spacial score (nSPS) is 15.5. The van der Waals surface area contributed by atoms with Crippen molar-refractivity contribution in [2.24, 2.45) is 0 Å². The quantitative estimate of drug-likeness (QED) is 0.521. The topological polar surface area (TPSA) is 70.1 Å². The average molecular weight is 443 g/mol. The van der Waals surface area contributed by atoms with Crippen LogP contribution in [0.5, 0.6) is 0 Å². The van der Waals surface area contributed by atoms with Crippen LogP contribution in [-0.4, -0.2) is 50.8 Å². The Hall–Kier alpha value is -3.45. The number of H-pyrrole nitrogens is 1. The molecule has 1 fully saturated rings. The van der Waals surface area contributed by atoms with E-state index in [1.165, 1.54) is 11.1 Å². The van der Waals surface area contributed by atoms with Gasteiger partial charge in [0.2, 0.25) is 5.95 Å². The number of rotatable bonds is 4. The van der Waals surface area contributed by atoms with E-state index in [9.17, 15) is 4.79 Å². The van der Waals surface area contributed by atoms with Crippen molar-refractivity contribution in [2.45, 2.75) is 32.4 Å². The van der Waals surface area contributed by atoms with Crippen LogP contribution in [0.2, 0.25) is 0 Å². The van der Waals surface area contributed by atoms with Crippen molar-refractivity contribution in [2.75, 3.05) is 31.1 Å². The van der Waals surface area contributed by atoms with Crippen LogP contribution in [0.15, 0.2) is 71.7 Å². The van der Waals surface area contributed by atoms with E-state index in [2.05, 4.69) is 101 Å². The Balaban J connectivity index is 1.41. The van der Waals surface area contributed by atoms with Gasteiger partial charge in [-0.1, -0.05) is 60.7 Å². The lowest BCUT2D eigenvalue weighted by atomic mass is 9.96. The van der Waals surface area contributed by atoms with Crippen LogP contribution in [0, 0.1) is 0 Å². The summed E-state index contributed by atoms with van der Waals surface area (Å²) in [4.78, 5) is 25.2. The van der Waals surface area contributed by atoms with Crippen molar-refractivity contribution < 1.29 is 0 Å². The predicted molar refractivity (Wildman–Crippen MR) is 132 cm³/mol. The number of nitrogens with one attached hydrogen (secondary N) is 1. The second-order valence-electron chi connectivity index (χ2n) is 9.60. The molecule has 0 unspecified atom stereocenters. The summed E-state index contributed by atoms with van der Waals surface area (Å²) in [6, 6.07) is 21.5. The number of fused-ring (bicyclic) bond motifs is 1. The van der Waals surface area contributed by atoms with Gasteiger partial charge in [0.15, 0.2) is 5.65 Å². The first-order valence-corrected chi connectivity index (χ1v) is 11.5. The molecule has 3 heterocycles. The van der Waals surface area contributed by atoms with Crippen LogP contribution in [0.25, 0.3) is 11.0 Å². The highest BCUT2D eigenvalue weighted by atomic mass is 16.1. The molecule has 1 N–H and O–H groups in total. The SMILES string of the molecule is CC(C)(C)n1ncc2c(=O)[nH]c(N3CCN(C(c4ccccc4)c4ccccc4)CC3)nc21. The first kappa shape index (κ1) is 21.4. The van der Waals surface area contributed by atoms with Gasteiger partial charge in [0.05, 0.1) is 17.8 Å². The molecule has 2 aromatic carbocycles. The Labute approximate surface area is 193 Å². The molecule has 7 heteroatoms. The fourth-order valence-electron chi connectivity index (χ4n) is 4.62. The van der Waals surface area contributed by atoms with E-state index in [1.54, 1.807) is 6.20 Å². The number of aromatic amines is 1. The summed E-state index contributed by atoms with van der Waals surface area (Å²) >= 11 is 0. The fraction of sp³-hybridized carbons (Fsp3) is 0.346. The molecule has 2 aromatic heterocycles. The standard InChI is InChI=1S/C26H30N6O/c1-26(2,3)32-23-21(18-27-32)24(33)29-25(28-23)31-16-14-30(15-17-31)22(19-10-6-4-7-11-19)20-12-8-5-9-13-20/h4-13,18,22H,14-17H2,1-3H3,(H,28,29,33). The molecule has 0 atom stereocenters. The summed E-state index contributed by atoms with van der Waals surface area (Å²) in [7, 11) is 0. The van der Waals surface area contributed by atoms with Crippen molar-refractivity contribution in [1.82, 2.24) is 24.6 Å². The highest BCUT2D eigenvalue weighted by molar-refractivity contribution is 5.74. The van der Waals surface area contributed by atoms with Crippen molar-refractivity contribution in [1.29, 1.82) is 0 Å². The van der Waals surface area contributed by atoms with Gasteiger partial charge in [-0.2, -0.15) is 10.1 Å². The molecule has 1 saturated heterocycles. The van der Waals surface area contributed by atoms with Crippen LogP contribution in [-0.2, 0) is 5.54 Å². The van der Waals surface area contributed by atoms with Gasteiger partial charge in [-0.3, -0.25) is 14.7 Å². The molecule has 0 saturated carbocycles. The maximum Gasteiger partial charge on any atom is 0.263 e. The summed E-state index contributed by atoms with van der Waals surface area (Å²) in [5, 5.41) is 4.95. The number of aromatic nitrogens is 4. The number of hydrogen-bond donors (Lipinski definition) is 1. The Morgan fingerprint density at radius 1 is 0.879 bits per heavy atom. The molecule has 170 valence electrons. The zero-order valence-electron chi connectivity index (χ0n) is 19.4. The van der Waals surface area contributed by atoms with Gasteiger partial charge in [0.1, 0.15) is 5.39 Å². The monoisotopic (exact) mass is 442 g/mol. The third kappa shape index (κ3) is 4.16. The minimum Gasteiger partial charge on any atom is -0.340 e. The number of nitrogens with zero attached hydrogens (tertiary/aromatic N) is 5. The lowest BCUT2D eigenvalue weighted by molar-refractivity contribution is 0.211. The number of piperazine rings is 1. The molecule has 33 heavy (non-hydrogen) atoms. The maximum absolute atomic E-state index is 12.7. The van der Waals surface area contributed by atoms with Crippen molar-refractivity contribution >= 4 is 17.0 Å². The van der Waals surface area contributed by atoms with Crippen LogP contribution in [0.1, 0.15) is 37.9 Å². The summed E-state index contributed by atoms with van der Waals surface area (Å²) in [6.07, 6.45) is 1.61. The van der Waals surface area contributed by atoms with Gasteiger partial charge in [-0.15, -0.1) is 0 Å². The molecule has 0 bridgehead atoms. The zero-order valence-corrected chi connectivity index (χ0v) is 19.4. The molecular weight excluding hydrogens is 412 g/mol. The summed E-state index contributed by atoms with van der Waals surface area (Å²) in [5.74, 6) is 0.620. The van der Waals surface area contributed by atoms with E-state index in [4.69, 9.17) is 4.98 Å². The second kappa shape index (κ2) is 8.48. The van der Waals surface area contributed by atoms with Gasteiger partial charge >= 0.3 is 0 Å². The van der Waals surface area contributed by atoms with E-state index in [0.717, 1.165) is 26.2 Å². The molecule has 0 amide bonds. The van der Waals surface area contributed by atoms with Gasteiger partial charge in [0.25, 0.3) is 5.56 Å². The predicted octanol–water partition coefficient (Wildman–Crippen LogP) is 3.79. The largest absolute Gasteiger partial charge is 0.340 e. The van der Waals surface area contributed by atoms with E-state index in [-0.39, 0.29) is 17.1 Å². The lowest BCUT2D eigenvalue weighted by Crippen LogP contribution is -2.48. The molecule has 5 rings (SSSR count). The number of anilines is 1. The van der Waals surface area contributed by atoms with Crippen molar-refractivity contribution in [3.05, 3.63) is 88.3 Å².